The molecule has 6 heteroatoms. The van der Waals surface area contributed by atoms with Crippen LogP contribution in [0.2, 0.25) is 0 Å². The molecule has 3 nitrogen and oxygen atoms in total. The zero-order chi connectivity index (χ0) is 16.7. The molecule has 0 radical (unpaired) electrons. The van der Waals surface area contributed by atoms with E-state index >= 15 is 0 Å². The van der Waals surface area contributed by atoms with Crippen LogP contribution in [0.25, 0.3) is 22.0 Å². The van der Waals surface area contributed by atoms with Crippen molar-refractivity contribution in [1.29, 1.82) is 0 Å². The molecule has 0 spiro atoms. The van der Waals surface area contributed by atoms with Gasteiger partial charge in [-0.25, -0.2) is 13.2 Å². The van der Waals surface area contributed by atoms with Crippen molar-refractivity contribution in [1.82, 2.24) is 4.98 Å². The van der Waals surface area contributed by atoms with E-state index in [2.05, 4.69) is 4.98 Å². The molecule has 2 aromatic carbocycles. The summed E-state index contributed by atoms with van der Waals surface area (Å²) in [6.45, 7) is 0. The maximum absolute atomic E-state index is 14.1. The molecule has 0 unspecified atom stereocenters. The van der Waals surface area contributed by atoms with Crippen LogP contribution in [0.3, 0.4) is 0 Å². The largest absolute Gasteiger partial charge is 0.396 e. The van der Waals surface area contributed by atoms with Crippen LogP contribution < -0.4 is 10.6 Å². The van der Waals surface area contributed by atoms with Gasteiger partial charge in [0.25, 0.3) is 0 Å². The summed E-state index contributed by atoms with van der Waals surface area (Å²) in [7, 11) is 3.64. The van der Waals surface area contributed by atoms with Crippen molar-refractivity contribution in [3.05, 3.63) is 54.0 Å². The van der Waals surface area contributed by atoms with Gasteiger partial charge in [0.05, 0.1) is 23.1 Å². The number of nitrogens with zero attached hydrogens (tertiary/aromatic N) is 2. The summed E-state index contributed by atoms with van der Waals surface area (Å²) in [5.74, 6) is -3.19. The van der Waals surface area contributed by atoms with Crippen LogP contribution in [0.1, 0.15) is 0 Å². The summed E-state index contributed by atoms with van der Waals surface area (Å²) >= 11 is 0. The molecule has 0 atom stereocenters. The highest BCUT2D eigenvalue weighted by Gasteiger charge is 2.17. The van der Waals surface area contributed by atoms with Crippen molar-refractivity contribution in [2.75, 3.05) is 24.7 Å². The van der Waals surface area contributed by atoms with Gasteiger partial charge in [0.15, 0.2) is 11.6 Å². The summed E-state index contributed by atoms with van der Waals surface area (Å²) in [6.07, 6.45) is 1.45. The summed E-state index contributed by atoms with van der Waals surface area (Å²) in [5.41, 5.74) is 7.70. The first-order valence-corrected chi connectivity index (χ1v) is 6.89. The smallest absolute Gasteiger partial charge is 0.166 e. The molecule has 0 fully saturated rings. The standard InChI is InChI=1S/C17H14F3N3/c1-23(2)17-11-5-3-4-10(16(11)22-8-14(17)21)12-6-9(18)7-13(19)15(12)20/h3-8H,21H2,1-2H3. The lowest BCUT2D eigenvalue weighted by atomic mass is 10.00. The Morgan fingerprint density at radius 3 is 2.48 bits per heavy atom. The van der Waals surface area contributed by atoms with Gasteiger partial charge in [-0.1, -0.05) is 18.2 Å². The molecule has 118 valence electrons. The van der Waals surface area contributed by atoms with E-state index in [4.69, 9.17) is 5.73 Å². The van der Waals surface area contributed by atoms with E-state index in [1.165, 1.54) is 6.20 Å². The Morgan fingerprint density at radius 2 is 1.78 bits per heavy atom. The molecule has 1 aromatic heterocycles. The minimum absolute atomic E-state index is 0.171. The van der Waals surface area contributed by atoms with Crippen molar-refractivity contribution >= 4 is 22.3 Å². The Bertz CT molecular complexity index is 907. The fourth-order valence-corrected chi connectivity index (χ4v) is 2.69. The Morgan fingerprint density at radius 1 is 1.04 bits per heavy atom. The molecule has 23 heavy (non-hydrogen) atoms. The molecule has 0 aliphatic rings. The van der Waals surface area contributed by atoms with Gasteiger partial charge in [-0.05, 0) is 6.07 Å². The number of hydrogen-bond acceptors (Lipinski definition) is 3. The molecule has 0 aliphatic carbocycles. The number of aromatic nitrogens is 1. The molecule has 1 heterocycles. The van der Waals surface area contributed by atoms with E-state index < -0.39 is 17.5 Å². The number of halogens is 3. The third-order valence-corrected chi connectivity index (χ3v) is 3.63. The van der Waals surface area contributed by atoms with Crippen LogP contribution >= 0.6 is 0 Å². The highest BCUT2D eigenvalue weighted by Crippen LogP contribution is 2.36. The van der Waals surface area contributed by atoms with Crippen LogP contribution in [0.4, 0.5) is 24.5 Å². The first-order valence-electron chi connectivity index (χ1n) is 6.89. The van der Waals surface area contributed by atoms with E-state index in [1.807, 2.05) is 19.0 Å². The van der Waals surface area contributed by atoms with Gasteiger partial charge >= 0.3 is 0 Å². The third kappa shape index (κ3) is 2.46. The van der Waals surface area contributed by atoms with Crippen LogP contribution in [0, 0.1) is 17.5 Å². The highest BCUT2D eigenvalue weighted by molar-refractivity contribution is 6.04. The predicted octanol–water partition coefficient (Wildman–Crippen LogP) is 3.97. The van der Waals surface area contributed by atoms with Gasteiger partial charge in [0.1, 0.15) is 5.82 Å². The third-order valence-electron chi connectivity index (χ3n) is 3.63. The molecule has 0 amide bonds. The molecule has 0 bridgehead atoms. The van der Waals surface area contributed by atoms with Gasteiger partial charge in [0, 0.05) is 36.7 Å². The zero-order valence-electron chi connectivity index (χ0n) is 12.6. The number of anilines is 2. The number of nitrogen functional groups attached to an aromatic ring is 1. The molecule has 0 saturated heterocycles. The van der Waals surface area contributed by atoms with Crippen LogP contribution in [-0.4, -0.2) is 19.1 Å². The summed E-state index contributed by atoms with van der Waals surface area (Å²) in [6, 6.07) is 6.50. The molecular formula is C17H14F3N3. The van der Waals surface area contributed by atoms with Crippen molar-refractivity contribution in [3.63, 3.8) is 0 Å². The molecule has 0 saturated carbocycles. The number of benzene rings is 2. The lowest BCUT2D eigenvalue weighted by Gasteiger charge is -2.18. The Labute approximate surface area is 131 Å². The fraction of sp³-hybridized carbons (Fsp3) is 0.118. The number of para-hydroxylation sites is 1. The van der Waals surface area contributed by atoms with Gasteiger partial charge in [-0.15, -0.1) is 0 Å². The average molecular weight is 317 g/mol. The predicted molar refractivity (Wildman–Crippen MR) is 85.8 cm³/mol. The topological polar surface area (TPSA) is 42.1 Å². The van der Waals surface area contributed by atoms with Crippen molar-refractivity contribution in [2.45, 2.75) is 0 Å². The first kappa shape index (κ1) is 15.1. The van der Waals surface area contributed by atoms with E-state index in [1.54, 1.807) is 18.2 Å². The van der Waals surface area contributed by atoms with Crippen LogP contribution in [-0.2, 0) is 0 Å². The summed E-state index contributed by atoms with van der Waals surface area (Å²) in [4.78, 5) is 6.05. The normalized spacial score (nSPS) is 11.0. The minimum Gasteiger partial charge on any atom is -0.396 e. The minimum atomic E-state index is -1.24. The van der Waals surface area contributed by atoms with Gasteiger partial charge in [-0.3, -0.25) is 4.98 Å². The number of rotatable bonds is 2. The second-order valence-corrected chi connectivity index (χ2v) is 5.41. The average Bonchev–Trinajstić information content (AvgIpc) is 2.49. The van der Waals surface area contributed by atoms with Gasteiger partial charge < -0.3 is 10.6 Å². The van der Waals surface area contributed by atoms with Crippen LogP contribution in [0.5, 0.6) is 0 Å². The maximum atomic E-state index is 14.1. The number of fused-ring (bicyclic) bond motifs is 1. The lowest BCUT2D eigenvalue weighted by molar-refractivity contribution is 0.497. The zero-order valence-corrected chi connectivity index (χ0v) is 12.6. The summed E-state index contributed by atoms with van der Waals surface area (Å²) in [5, 5.41) is 0.677. The Balaban J connectivity index is 2.39. The highest BCUT2D eigenvalue weighted by atomic mass is 19.2. The number of nitrogens with two attached hydrogens (primary N) is 1. The molecule has 3 rings (SSSR count). The lowest BCUT2D eigenvalue weighted by Crippen LogP contribution is -2.12. The SMILES string of the molecule is CN(C)c1c(N)cnc2c(-c3cc(F)cc(F)c3F)cccc12. The molecule has 0 aliphatic heterocycles. The van der Waals surface area contributed by atoms with E-state index in [9.17, 15) is 13.2 Å². The number of pyridine rings is 1. The van der Waals surface area contributed by atoms with Crippen LogP contribution in [0.15, 0.2) is 36.5 Å². The molecule has 3 aromatic rings. The second kappa shape index (κ2) is 5.46. The Kier molecular flexibility index (Phi) is 3.60. The van der Waals surface area contributed by atoms with Gasteiger partial charge in [0.2, 0.25) is 0 Å². The fourth-order valence-electron chi connectivity index (χ4n) is 2.69. The second-order valence-electron chi connectivity index (χ2n) is 5.41. The van der Waals surface area contributed by atoms with Crippen molar-refractivity contribution in [3.8, 4) is 11.1 Å². The van der Waals surface area contributed by atoms with Crippen molar-refractivity contribution in [2.24, 2.45) is 0 Å². The maximum Gasteiger partial charge on any atom is 0.166 e. The van der Waals surface area contributed by atoms with E-state index in [0.717, 1.165) is 6.07 Å². The van der Waals surface area contributed by atoms with Crippen molar-refractivity contribution < 1.29 is 13.2 Å². The van der Waals surface area contributed by atoms with E-state index in [-0.39, 0.29) is 5.56 Å². The summed E-state index contributed by atoms with van der Waals surface area (Å²) < 4.78 is 41.2. The number of hydrogen-bond donors (Lipinski definition) is 1. The quantitative estimate of drug-likeness (QED) is 0.727. The first-order chi connectivity index (χ1) is 10.9. The Hall–Kier alpha value is -2.76. The molecule has 2 N–H and O–H groups in total. The van der Waals surface area contributed by atoms with Gasteiger partial charge in [-0.2, -0.15) is 0 Å². The monoisotopic (exact) mass is 317 g/mol. The van der Waals surface area contributed by atoms with E-state index in [0.29, 0.717) is 33.9 Å². The molecular weight excluding hydrogens is 303 g/mol.